The summed E-state index contributed by atoms with van der Waals surface area (Å²) in [6.45, 7) is 0. The monoisotopic (exact) mass is 343 g/mol. The Hall–Kier alpha value is 0.380. The summed E-state index contributed by atoms with van der Waals surface area (Å²) < 4.78 is 23.6. The van der Waals surface area contributed by atoms with Crippen molar-refractivity contribution in [1.29, 1.82) is 0 Å². The van der Waals surface area contributed by atoms with Crippen molar-refractivity contribution in [2.75, 3.05) is 11.5 Å². The number of rotatable bonds is 2. The molecule has 3 nitrogen and oxygen atoms in total. The molecule has 0 aliphatic carbocycles. The van der Waals surface area contributed by atoms with Gasteiger partial charge in [-0.2, -0.15) is 0 Å². The van der Waals surface area contributed by atoms with E-state index in [1.54, 1.807) is 0 Å². The van der Waals surface area contributed by atoms with Gasteiger partial charge in [0.1, 0.15) is 0 Å². The van der Waals surface area contributed by atoms with Crippen LogP contribution < -0.4 is 5.73 Å². The summed E-state index contributed by atoms with van der Waals surface area (Å²) in [5.74, 6) is 0.471. The second-order valence-electron chi connectivity index (χ2n) is 3.96. The van der Waals surface area contributed by atoms with Crippen LogP contribution in [-0.4, -0.2) is 19.9 Å². The zero-order valence-electron chi connectivity index (χ0n) is 8.32. The van der Waals surface area contributed by atoms with Crippen molar-refractivity contribution in [1.82, 2.24) is 0 Å². The maximum absolute atomic E-state index is 11.4. The van der Waals surface area contributed by atoms with E-state index in [1.807, 2.05) is 6.07 Å². The minimum atomic E-state index is -2.87. The van der Waals surface area contributed by atoms with Gasteiger partial charge in [-0.05, 0) is 34.3 Å². The zero-order chi connectivity index (χ0) is 11.9. The van der Waals surface area contributed by atoms with Crippen LogP contribution in [0.4, 0.5) is 0 Å². The van der Waals surface area contributed by atoms with E-state index in [2.05, 4.69) is 15.9 Å². The van der Waals surface area contributed by atoms with Gasteiger partial charge in [-0.1, -0.05) is 11.6 Å². The van der Waals surface area contributed by atoms with E-state index in [9.17, 15) is 8.42 Å². The van der Waals surface area contributed by atoms with Crippen molar-refractivity contribution in [3.8, 4) is 0 Å². The van der Waals surface area contributed by atoms with Gasteiger partial charge in [0.2, 0.25) is 0 Å². The average Bonchev–Trinajstić information content (AvgIpc) is 2.70. The highest BCUT2D eigenvalue weighted by atomic mass is 79.9. The average molecular weight is 345 g/mol. The van der Waals surface area contributed by atoms with Gasteiger partial charge in [0, 0.05) is 10.9 Å². The highest BCUT2D eigenvalue weighted by Crippen LogP contribution is 2.38. The quantitative estimate of drug-likeness (QED) is 0.897. The molecule has 1 aromatic heterocycles. The molecule has 2 heterocycles. The lowest BCUT2D eigenvalue weighted by molar-refractivity contribution is 0.486. The van der Waals surface area contributed by atoms with E-state index in [1.165, 1.54) is 11.3 Å². The van der Waals surface area contributed by atoms with Gasteiger partial charge < -0.3 is 5.73 Å². The van der Waals surface area contributed by atoms with E-state index in [0.29, 0.717) is 11.4 Å². The molecule has 7 heteroatoms. The normalized spacial score (nSPS) is 25.8. The molecular weight excluding hydrogens is 334 g/mol. The van der Waals surface area contributed by atoms with Crippen molar-refractivity contribution in [3.63, 3.8) is 0 Å². The van der Waals surface area contributed by atoms with Crippen molar-refractivity contribution >= 4 is 48.7 Å². The number of nitrogens with two attached hydrogens (primary N) is 1. The molecule has 2 atom stereocenters. The number of hydrogen-bond acceptors (Lipinski definition) is 4. The summed E-state index contributed by atoms with van der Waals surface area (Å²) in [4.78, 5) is 0.943. The minimum Gasteiger partial charge on any atom is -0.323 e. The summed E-state index contributed by atoms with van der Waals surface area (Å²) in [7, 11) is -2.87. The lowest BCUT2D eigenvalue weighted by Crippen LogP contribution is -2.21. The lowest BCUT2D eigenvalue weighted by atomic mass is 9.99. The molecule has 90 valence electrons. The van der Waals surface area contributed by atoms with Crippen LogP contribution in [0.5, 0.6) is 0 Å². The van der Waals surface area contributed by atoms with Gasteiger partial charge in [0.05, 0.1) is 20.3 Å². The van der Waals surface area contributed by atoms with Crippen LogP contribution in [0.1, 0.15) is 17.3 Å². The molecule has 1 fully saturated rings. The SMILES string of the molecule is NC(c1cc(Cl)c(Br)s1)C1CCS(=O)(=O)C1. The Labute approximate surface area is 112 Å². The van der Waals surface area contributed by atoms with Gasteiger partial charge in [-0.3, -0.25) is 0 Å². The van der Waals surface area contributed by atoms with Crippen molar-refractivity contribution in [2.24, 2.45) is 11.7 Å². The Balaban J connectivity index is 2.17. The molecule has 16 heavy (non-hydrogen) atoms. The Morgan fingerprint density at radius 3 is 2.75 bits per heavy atom. The second-order valence-corrected chi connectivity index (χ2v) is 9.00. The fraction of sp³-hybridized carbons (Fsp3) is 0.556. The molecular formula is C9H11BrClNO2S2. The molecule has 1 aromatic rings. The third-order valence-corrected chi connectivity index (χ3v) is 7.14. The Bertz CT molecular complexity index is 480. The summed E-state index contributed by atoms with van der Waals surface area (Å²) in [5.41, 5.74) is 6.07. The molecule has 2 rings (SSSR count). The van der Waals surface area contributed by atoms with Crippen molar-refractivity contribution in [2.45, 2.75) is 12.5 Å². The molecule has 1 aliphatic heterocycles. The molecule has 0 bridgehead atoms. The van der Waals surface area contributed by atoms with E-state index in [-0.39, 0.29) is 23.5 Å². The van der Waals surface area contributed by atoms with Gasteiger partial charge in [-0.25, -0.2) is 8.42 Å². The Kier molecular flexibility index (Phi) is 3.66. The van der Waals surface area contributed by atoms with Gasteiger partial charge in [-0.15, -0.1) is 11.3 Å². The Morgan fingerprint density at radius 1 is 1.62 bits per heavy atom. The van der Waals surface area contributed by atoms with Gasteiger partial charge >= 0.3 is 0 Å². The predicted octanol–water partition coefficient (Wildman–Crippen LogP) is 2.60. The Morgan fingerprint density at radius 2 is 2.31 bits per heavy atom. The molecule has 2 unspecified atom stereocenters. The van der Waals surface area contributed by atoms with Gasteiger partial charge in [0.25, 0.3) is 0 Å². The van der Waals surface area contributed by atoms with Crippen LogP contribution in [0.3, 0.4) is 0 Å². The molecule has 0 amide bonds. The maximum Gasteiger partial charge on any atom is 0.150 e. The first-order valence-corrected chi connectivity index (χ1v) is 8.60. The van der Waals surface area contributed by atoms with E-state index in [0.717, 1.165) is 8.66 Å². The number of thiophene rings is 1. The standard InChI is InChI=1S/C9H11BrClNO2S2/c10-9-6(11)3-7(15-9)8(12)5-1-2-16(13,14)4-5/h3,5,8H,1-2,4,12H2. The molecule has 0 saturated carbocycles. The highest BCUT2D eigenvalue weighted by molar-refractivity contribution is 9.11. The number of hydrogen-bond donors (Lipinski definition) is 1. The van der Waals surface area contributed by atoms with Crippen LogP contribution in [0.2, 0.25) is 5.02 Å². The van der Waals surface area contributed by atoms with Crippen molar-refractivity contribution < 1.29 is 8.42 Å². The second kappa shape index (κ2) is 4.57. The largest absolute Gasteiger partial charge is 0.323 e. The summed E-state index contributed by atoms with van der Waals surface area (Å²) in [6.07, 6.45) is 0.649. The van der Waals surface area contributed by atoms with E-state index in [4.69, 9.17) is 17.3 Å². The first-order chi connectivity index (χ1) is 7.39. The first-order valence-electron chi connectivity index (χ1n) is 4.80. The van der Waals surface area contributed by atoms with Crippen LogP contribution in [0, 0.1) is 5.92 Å². The van der Waals surface area contributed by atoms with E-state index < -0.39 is 9.84 Å². The molecule has 0 radical (unpaired) electrons. The van der Waals surface area contributed by atoms with Crippen LogP contribution in [0.25, 0.3) is 0 Å². The third-order valence-electron chi connectivity index (χ3n) is 2.77. The molecule has 0 aromatic carbocycles. The van der Waals surface area contributed by atoms with Crippen LogP contribution in [0.15, 0.2) is 9.85 Å². The molecule has 1 aliphatic rings. The first kappa shape index (κ1) is 12.8. The maximum atomic E-state index is 11.4. The summed E-state index contributed by atoms with van der Waals surface area (Å²) in [6, 6.07) is 1.58. The van der Waals surface area contributed by atoms with Crippen LogP contribution >= 0.6 is 38.9 Å². The van der Waals surface area contributed by atoms with E-state index >= 15 is 0 Å². The minimum absolute atomic E-state index is 0.0200. The zero-order valence-corrected chi connectivity index (χ0v) is 12.3. The molecule has 1 saturated heterocycles. The predicted molar refractivity (Wildman–Crippen MR) is 70.7 cm³/mol. The highest BCUT2D eigenvalue weighted by Gasteiger charge is 2.33. The van der Waals surface area contributed by atoms with Gasteiger partial charge in [0.15, 0.2) is 9.84 Å². The summed E-state index contributed by atoms with van der Waals surface area (Å²) >= 11 is 10.7. The number of sulfone groups is 1. The smallest absolute Gasteiger partial charge is 0.150 e. The lowest BCUT2D eigenvalue weighted by Gasteiger charge is -2.15. The fourth-order valence-corrected chi connectivity index (χ4v) is 5.56. The summed E-state index contributed by atoms with van der Waals surface area (Å²) in [5, 5.41) is 0.635. The van der Waals surface area contributed by atoms with Crippen LogP contribution in [-0.2, 0) is 9.84 Å². The topological polar surface area (TPSA) is 60.2 Å². The number of halogens is 2. The fourth-order valence-electron chi connectivity index (χ4n) is 1.87. The molecule has 0 spiro atoms. The third kappa shape index (κ3) is 2.61. The molecule has 2 N–H and O–H groups in total. The van der Waals surface area contributed by atoms with Crippen molar-refractivity contribution in [3.05, 3.63) is 19.8 Å².